The first kappa shape index (κ1) is 16.1. The van der Waals surface area contributed by atoms with Crippen LogP contribution in [0.1, 0.15) is 17.5 Å². The Morgan fingerprint density at radius 2 is 1.74 bits per heavy atom. The molecular formula is C19H22F2N2. The summed E-state index contributed by atoms with van der Waals surface area (Å²) >= 11 is 0. The number of nitrogens with two attached hydrogens (primary N) is 1. The lowest BCUT2D eigenvalue weighted by atomic mass is 9.89. The fraction of sp³-hybridized carbons (Fsp3) is 0.368. The van der Waals surface area contributed by atoms with Gasteiger partial charge in [-0.3, -0.25) is 4.90 Å². The molecule has 3 rings (SSSR count). The van der Waals surface area contributed by atoms with E-state index in [4.69, 9.17) is 5.73 Å². The number of likely N-dealkylation sites (tertiary alicyclic amines) is 1. The number of benzene rings is 2. The summed E-state index contributed by atoms with van der Waals surface area (Å²) in [5.41, 5.74) is 8.31. The Hall–Kier alpha value is -1.78. The van der Waals surface area contributed by atoms with E-state index in [0.717, 1.165) is 37.1 Å². The molecule has 0 aliphatic carbocycles. The first-order valence-electron chi connectivity index (χ1n) is 8.05. The first-order chi connectivity index (χ1) is 11.1. The number of hydrogen-bond acceptors (Lipinski definition) is 2. The lowest BCUT2D eigenvalue weighted by Crippen LogP contribution is -2.47. The summed E-state index contributed by atoms with van der Waals surface area (Å²) < 4.78 is 26.3. The minimum Gasteiger partial charge on any atom is -0.327 e. The second-order valence-corrected chi connectivity index (χ2v) is 6.52. The molecule has 1 heterocycles. The molecule has 0 aromatic heterocycles. The van der Waals surface area contributed by atoms with Crippen LogP contribution in [0.3, 0.4) is 0 Å². The third-order valence-electron chi connectivity index (χ3n) is 4.38. The second-order valence-electron chi connectivity index (χ2n) is 6.52. The van der Waals surface area contributed by atoms with Gasteiger partial charge in [-0.15, -0.1) is 0 Å². The van der Waals surface area contributed by atoms with E-state index in [1.807, 2.05) is 18.2 Å². The van der Waals surface area contributed by atoms with Gasteiger partial charge in [-0.25, -0.2) is 8.78 Å². The highest BCUT2D eigenvalue weighted by molar-refractivity contribution is 5.18. The molecule has 1 aliphatic rings. The van der Waals surface area contributed by atoms with Crippen molar-refractivity contribution in [3.8, 4) is 0 Å². The Bertz CT molecular complexity index is 642. The predicted molar refractivity (Wildman–Crippen MR) is 87.9 cm³/mol. The number of halogens is 2. The number of nitrogens with zero attached hydrogens (tertiary/aromatic N) is 1. The molecule has 2 unspecified atom stereocenters. The van der Waals surface area contributed by atoms with Crippen LogP contribution in [-0.4, -0.2) is 24.0 Å². The maximum Gasteiger partial charge on any atom is 0.123 e. The quantitative estimate of drug-likeness (QED) is 0.937. The van der Waals surface area contributed by atoms with Gasteiger partial charge in [0.15, 0.2) is 0 Å². The van der Waals surface area contributed by atoms with Gasteiger partial charge in [-0.05, 0) is 54.2 Å². The monoisotopic (exact) mass is 316 g/mol. The molecular weight excluding hydrogens is 294 g/mol. The molecule has 0 amide bonds. The van der Waals surface area contributed by atoms with E-state index in [1.54, 1.807) is 12.1 Å². The fourth-order valence-corrected chi connectivity index (χ4v) is 3.47. The summed E-state index contributed by atoms with van der Waals surface area (Å²) in [7, 11) is 0. The number of piperidine rings is 1. The van der Waals surface area contributed by atoms with Crippen molar-refractivity contribution in [1.82, 2.24) is 4.90 Å². The third kappa shape index (κ3) is 4.60. The van der Waals surface area contributed by atoms with Crippen molar-refractivity contribution in [1.29, 1.82) is 0 Å². The van der Waals surface area contributed by atoms with Crippen molar-refractivity contribution in [2.75, 3.05) is 13.1 Å². The first-order valence-corrected chi connectivity index (χ1v) is 8.05. The average molecular weight is 316 g/mol. The normalized spacial score (nSPS) is 22.2. The summed E-state index contributed by atoms with van der Waals surface area (Å²) in [4.78, 5) is 2.29. The molecule has 1 saturated heterocycles. The Kier molecular flexibility index (Phi) is 5.03. The summed E-state index contributed by atoms with van der Waals surface area (Å²) in [6, 6.07) is 13.5. The SMILES string of the molecule is NC1CC(Cc2ccc(F)cc2)CN(Cc2cccc(F)c2)C1. The molecule has 2 nitrogen and oxygen atoms in total. The smallest absolute Gasteiger partial charge is 0.123 e. The predicted octanol–water partition coefficient (Wildman–Crippen LogP) is 3.36. The van der Waals surface area contributed by atoms with Gasteiger partial charge in [0.1, 0.15) is 11.6 Å². The largest absolute Gasteiger partial charge is 0.327 e. The molecule has 1 fully saturated rings. The fourth-order valence-electron chi connectivity index (χ4n) is 3.47. The van der Waals surface area contributed by atoms with Gasteiger partial charge in [0.2, 0.25) is 0 Å². The molecule has 0 radical (unpaired) electrons. The van der Waals surface area contributed by atoms with Crippen LogP contribution < -0.4 is 5.73 Å². The van der Waals surface area contributed by atoms with Crippen molar-refractivity contribution < 1.29 is 8.78 Å². The number of rotatable bonds is 4. The molecule has 1 aliphatic heterocycles. The van der Waals surface area contributed by atoms with Crippen LogP contribution in [0.5, 0.6) is 0 Å². The Balaban J connectivity index is 1.63. The molecule has 2 aromatic rings. The molecule has 0 spiro atoms. The zero-order valence-electron chi connectivity index (χ0n) is 13.1. The average Bonchev–Trinajstić information content (AvgIpc) is 2.49. The van der Waals surface area contributed by atoms with E-state index in [1.165, 1.54) is 18.2 Å². The van der Waals surface area contributed by atoms with Gasteiger partial charge in [0.25, 0.3) is 0 Å². The molecule has 0 bridgehead atoms. The molecule has 2 N–H and O–H groups in total. The van der Waals surface area contributed by atoms with Crippen molar-refractivity contribution in [3.05, 3.63) is 71.3 Å². The molecule has 122 valence electrons. The highest BCUT2D eigenvalue weighted by Gasteiger charge is 2.25. The van der Waals surface area contributed by atoms with Crippen molar-refractivity contribution in [2.24, 2.45) is 11.7 Å². The van der Waals surface area contributed by atoms with E-state index < -0.39 is 0 Å². The Morgan fingerprint density at radius 1 is 0.957 bits per heavy atom. The minimum absolute atomic E-state index is 0.128. The third-order valence-corrected chi connectivity index (χ3v) is 4.38. The summed E-state index contributed by atoms with van der Waals surface area (Å²) in [5, 5.41) is 0. The summed E-state index contributed by atoms with van der Waals surface area (Å²) in [6.07, 6.45) is 1.87. The van der Waals surface area contributed by atoms with Crippen molar-refractivity contribution in [2.45, 2.75) is 25.4 Å². The molecule has 4 heteroatoms. The van der Waals surface area contributed by atoms with Crippen LogP contribution >= 0.6 is 0 Å². The molecule has 0 saturated carbocycles. The maximum atomic E-state index is 13.3. The van der Waals surface area contributed by atoms with Crippen LogP contribution in [0.15, 0.2) is 48.5 Å². The Morgan fingerprint density at radius 3 is 2.48 bits per heavy atom. The van der Waals surface area contributed by atoms with Crippen LogP contribution in [-0.2, 0) is 13.0 Å². The van der Waals surface area contributed by atoms with E-state index in [2.05, 4.69) is 4.90 Å². The van der Waals surface area contributed by atoms with E-state index >= 15 is 0 Å². The zero-order chi connectivity index (χ0) is 16.2. The van der Waals surface area contributed by atoms with Gasteiger partial charge >= 0.3 is 0 Å². The zero-order valence-corrected chi connectivity index (χ0v) is 13.1. The van der Waals surface area contributed by atoms with Gasteiger partial charge in [-0.2, -0.15) is 0 Å². The minimum atomic E-state index is -0.207. The summed E-state index contributed by atoms with van der Waals surface area (Å²) in [5.74, 6) is 0.0336. The molecule has 23 heavy (non-hydrogen) atoms. The molecule has 2 aromatic carbocycles. The van der Waals surface area contributed by atoms with E-state index in [9.17, 15) is 8.78 Å². The topological polar surface area (TPSA) is 29.3 Å². The van der Waals surface area contributed by atoms with Gasteiger partial charge in [-0.1, -0.05) is 24.3 Å². The van der Waals surface area contributed by atoms with Crippen LogP contribution in [0.2, 0.25) is 0 Å². The Labute approximate surface area is 135 Å². The second kappa shape index (κ2) is 7.20. The highest BCUT2D eigenvalue weighted by Crippen LogP contribution is 2.22. The summed E-state index contributed by atoms with van der Waals surface area (Å²) in [6.45, 7) is 2.48. The highest BCUT2D eigenvalue weighted by atomic mass is 19.1. The van der Waals surface area contributed by atoms with E-state index in [-0.39, 0.29) is 17.7 Å². The molecule has 2 atom stereocenters. The van der Waals surface area contributed by atoms with Gasteiger partial charge < -0.3 is 5.73 Å². The standard InChI is InChI=1S/C19H22F2N2/c20-17-6-4-14(5-7-17)8-16-10-19(22)13-23(12-16)11-15-2-1-3-18(21)9-15/h1-7,9,16,19H,8,10-13,22H2. The van der Waals surface area contributed by atoms with Crippen molar-refractivity contribution >= 4 is 0 Å². The van der Waals surface area contributed by atoms with Crippen LogP contribution in [0.25, 0.3) is 0 Å². The van der Waals surface area contributed by atoms with Crippen LogP contribution in [0.4, 0.5) is 8.78 Å². The van der Waals surface area contributed by atoms with Gasteiger partial charge in [0, 0.05) is 25.7 Å². The van der Waals surface area contributed by atoms with Gasteiger partial charge in [0.05, 0.1) is 0 Å². The lowest BCUT2D eigenvalue weighted by Gasteiger charge is -2.36. The number of hydrogen-bond donors (Lipinski definition) is 1. The van der Waals surface area contributed by atoms with E-state index in [0.29, 0.717) is 12.5 Å². The maximum absolute atomic E-state index is 13.3. The lowest BCUT2D eigenvalue weighted by molar-refractivity contribution is 0.149. The van der Waals surface area contributed by atoms with Crippen LogP contribution in [0, 0.1) is 17.6 Å². The van der Waals surface area contributed by atoms with Crippen molar-refractivity contribution in [3.63, 3.8) is 0 Å².